The van der Waals surface area contributed by atoms with Gasteiger partial charge in [-0.1, -0.05) is 6.37 Å². The van der Waals surface area contributed by atoms with E-state index in [0.717, 1.165) is 0 Å². The molecule has 10 heavy (non-hydrogen) atoms. The highest BCUT2D eigenvalue weighted by Crippen LogP contribution is 1.96. The van der Waals surface area contributed by atoms with Gasteiger partial charge in [0.15, 0.2) is 0 Å². The molecule has 4 heteroatoms. The molecule has 0 aliphatic heterocycles. The number of carbonyl (C=O) groups is 1. The van der Waals surface area contributed by atoms with Crippen LogP contribution in [0.4, 0.5) is 0 Å². The van der Waals surface area contributed by atoms with Gasteiger partial charge in [0.25, 0.3) is 0 Å². The standard InChI is InChI=1S/C6H14N2O2/c7-4-2-1-3-5(8)6(9)10/h5H,1-4,7-8H2,(H,9,10)/t5-/m0/s1/i1D2,2D2,3D2,4D2,5D. The number of hydrogen-bond acceptors (Lipinski definition) is 3. The summed E-state index contributed by atoms with van der Waals surface area (Å²) in [6.07, 6.45) is -11.2. The fourth-order valence-corrected chi connectivity index (χ4v) is 0.188. The van der Waals surface area contributed by atoms with Crippen LogP contribution in [0.15, 0.2) is 0 Å². The molecule has 0 aliphatic rings. The van der Waals surface area contributed by atoms with Gasteiger partial charge >= 0.3 is 5.97 Å². The van der Waals surface area contributed by atoms with Crippen LogP contribution < -0.4 is 11.5 Å². The van der Waals surface area contributed by atoms with Crippen LogP contribution in [-0.4, -0.2) is 23.6 Å². The fourth-order valence-electron chi connectivity index (χ4n) is 0.188. The monoisotopic (exact) mass is 155 g/mol. The molecule has 0 saturated heterocycles. The van der Waals surface area contributed by atoms with Crippen molar-refractivity contribution >= 4 is 5.97 Å². The van der Waals surface area contributed by atoms with E-state index in [4.69, 9.17) is 28.9 Å². The van der Waals surface area contributed by atoms with Crippen LogP contribution in [0.3, 0.4) is 0 Å². The predicted octanol–water partition coefficient (Wildman–Crippen LogP) is -0.473. The zero-order chi connectivity index (χ0) is 16.1. The summed E-state index contributed by atoms with van der Waals surface area (Å²) in [5.41, 5.74) is 9.70. The van der Waals surface area contributed by atoms with E-state index in [-0.39, 0.29) is 0 Å². The van der Waals surface area contributed by atoms with E-state index >= 15 is 0 Å². The van der Waals surface area contributed by atoms with Crippen LogP contribution >= 0.6 is 0 Å². The van der Waals surface area contributed by atoms with E-state index in [2.05, 4.69) is 0 Å². The van der Waals surface area contributed by atoms with Gasteiger partial charge < -0.3 is 16.6 Å². The first-order valence-corrected chi connectivity index (χ1v) is 2.26. The molecule has 0 rings (SSSR count). The molecule has 0 amide bonds. The second kappa shape index (κ2) is 5.20. The summed E-state index contributed by atoms with van der Waals surface area (Å²) >= 11 is 0. The Hall–Kier alpha value is -0.610. The number of nitrogens with two attached hydrogens (primary N) is 2. The van der Waals surface area contributed by atoms with E-state index in [1.54, 1.807) is 0 Å². The van der Waals surface area contributed by atoms with Crippen molar-refractivity contribution in [2.75, 3.05) is 6.50 Å². The molecule has 0 saturated carbocycles. The molecule has 0 bridgehead atoms. The molecule has 0 aliphatic carbocycles. The van der Waals surface area contributed by atoms with E-state index in [1.165, 1.54) is 0 Å². The largest absolute Gasteiger partial charge is 0.480 e. The quantitative estimate of drug-likeness (QED) is 0.500. The summed E-state index contributed by atoms with van der Waals surface area (Å²) in [6.45, 7) is -3.32. The summed E-state index contributed by atoms with van der Waals surface area (Å²) in [5, 5.41) is 8.64. The van der Waals surface area contributed by atoms with Crippen LogP contribution in [0.25, 0.3) is 0 Å². The molecule has 0 aromatic carbocycles. The maximum Gasteiger partial charge on any atom is 0.320 e. The van der Waals surface area contributed by atoms with E-state index < -0.39 is 37.6 Å². The minimum atomic E-state index is -3.78. The normalized spacial score (nSPS) is 35.2. The Morgan fingerprint density at radius 2 is 2.40 bits per heavy atom. The van der Waals surface area contributed by atoms with Crippen molar-refractivity contribution in [2.45, 2.75) is 25.1 Å². The lowest BCUT2D eigenvalue weighted by molar-refractivity contribution is -0.138. The Balaban J connectivity index is 5.99. The van der Waals surface area contributed by atoms with Gasteiger partial charge in [0.1, 0.15) is 6.02 Å². The molecular formula is C6H14N2O2. The molecule has 1 atom stereocenters. The molecule has 0 heterocycles. The first-order valence-electron chi connectivity index (χ1n) is 6.76. The van der Waals surface area contributed by atoms with Crippen LogP contribution in [-0.2, 0) is 4.79 Å². The molecule has 0 unspecified atom stereocenters. The third-order valence-corrected chi connectivity index (χ3v) is 0.562. The SMILES string of the molecule is [2H]C([2H])(N)C([2H])([2H])C([2H])([2H])C([2H])([2H])[C@]([2H])(N)C(=O)O. The zero-order valence-corrected chi connectivity index (χ0v) is 5.01. The Morgan fingerprint density at radius 3 is 2.80 bits per heavy atom. The summed E-state index contributed by atoms with van der Waals surface area (Å²) < 4.78 is 65.1. The molecule has 4 nitrogen and oxygen atoms in total. The van der Waals surface area contributed by atoms with Gasteiger partial charge in [-0.2, -0.15) is 0 Å². The topological polar surface area (TPSA) is 89.3 Å². The van der Waals surface area contributed by atoms with Crippen molar-refractivity contribution in [3.8, 4) is 0 Å². The summed E-state index contributed by atoms with van der Waals surface area (Å²) in [6, 6.07) is -3.53. The minimum Gasteiger partial charge on any atom is -0.480 e. The second-order valence-corrected chi connectivity index (χ2v) is 1.24. The predicted molar refractivity (Wildman–Crippen MR) is 38.5 cm³/mol. The first kappa shape index (κ1) is 2.19. The van der Waals surface area contributed by atoms with Gasteiger partial charge in [-0.3, -0.25) is 4.79 Å². The lowest BCUT2D eigenvalue weighted by Crippen LogP contribution is -2.29. The summed E-state index contributed by atoms with van der Waals surface area (Å²) in [4.78, 5) is 10.7. The molecule has 0 fully saturated rings. The molecule has 0 aromatic heterocycles. The third kappa shape index (κ3) is 4.29. The zero-order valence-electron chi connectivity index (χ0n) is 14.0. The van der Waals surface area contributed by atoms with Gasteiger partial charge in [-0.25, -0.2) is 0 Å². The van der Waals surface area contributed by atoms with Crippen molar-refractivity contribution in [3.05, 3.63) is 0 Å². The molecule has 0 spiro atoms. The van der Waals surface area contributed by atoms with Gasteiger partial charge in [-0.15, -0.1) is 0 Å². The van der Waals surface area contributed by atoms with Crippen LogP contribution in [0, 0.1) is 0 Å². The lowest BCUT2D eigenvalue weighted by atomic mass is 10.1. The van der Waals surface area contributed by atoms with Crippen LogP contribution in [0.2, 0.25) is 0 Å². The highest BCUT2D eigenvalue weighted by molar-refractivity contribution is 5.72. The van der Waals surface area contributed by atoms with Crippen LogP contribution in [0.1, 0.15) is 31.5 Å². The van der Waals surface area contributed by atoms with Crippen molar-refractivity contribution in [3.63, 3.8) is 0 Å². The maximum atomic E-state index is 10.7. The molecule has 60 valence electrons. The van der Waals surface area contributed by atoms with Crippen molar-refractivity contribution in [1.29, 1.82) is 0 Å². The minimum absolute atomic E-state index is 2.23. The van der Waals surface area contributed by atoms with Crippen molar-refractivity contribution < 1.29 is 22.2 Å². The second-order valence-electron chi connectivity index (χ2n) is 1.24. The Kier molecular flexibility index (Phi) is 1.14. The Labute approximate surface area is 72.8 Å². The average molecular weight is 155 g/mol. The van der Waals surface area contributed by atoms with Gasteiger partial charge in [0.2, 0.25) is 0 Å². The average Bonchev–Trinajstić information content (AvgIpc) is 2.14. The Morgan fingerprint density at radius 1 is 1.80 bits per heavy atom. The highest BCUT2D eigenvalue weighted by atomic mass is 16.4. The molecule has 0 radical (unpaired) electrons. The number of carboxylic acids is 1. The maximum absolute atomic E-state index is 10.7. The van der Waals surface area contributed by atoms with E-state index in [9.17, 15) is 4.79 Å². The highest BCUT2D eigenvalue weighted by Gasteiger charge is 2.09. The number of aliphatic carboxylic acids is 1. The number of carboxylic acid groups (broad SMARTS) is 1. The number of hydrogen-bond donors (Lipinski definition) is 3. The third-order valence-electron chi connectivity index (χ3n) is 0.562. The molecular weight excluding hydrogens is 132 g/mol. The fraction of sp³-hybridized carbons (Fsp3) is 0.833. The van der Waals surface area contributed by atoms with E-state index in [0.29, 0.717) is 0 Å². The molecule has 5 N–H and O–H groups in total. The van der Waals surface area contributed by atoms with Gasteiger partial charge in [0.05, 0.1) is 1.37 Å². The van der Waals surface area contributed by atoms with Crippen LogP contribution in [0.5, 0.6) is 0 Å². The lowest BCUT2D eigenvalue weighted by Gasteiger charge is -2.03. The van der Waals surface area contributed by atoms with E-state index in [1.807, 2.05) is 0 Å². The summed E-state index contributed by atoms with van der Waals surface area (Å²) in [5.74, 6) is -2.23. The number of rotatable bonds is 5. The summed E-state index contributed by atoms with van der Waals surface area (Å²) in [7, 11) is 0. The van der Waals surface area contributed by atoms with Gasteiger partial charge in [0, 0.05) is 11.0 Å². The molecule has 0 aromatic rings. The first-order chi connectivity index (χ1) is 7.94. The van der Waals surface area contributed by atoms with Crippen molar-refractivity contribution in [1.82, 2.24) is 0 Å². The Bertz CT molecular complexity index is 375. The smallest absolute Gasteiger partial charge is 0.320 e. The van der Waals surface area contributed by atoms with Crippen molar-refractivity contribution in [2.24, 2.45) is 11.5 Å². The van der Waals surface area contributed by atoms with Gasteiger partial charge in [-0.05, 0) is 19.2 Å².